The number of aryl methyl sites for hydroxylation is 1. The second-order valence-electron chi connectivity index (χ2n) is 7.80. The van der Waals surface area contributed by atoms with E-state index in [-0.39, 0.29) is 29.3 Å². The predicted octanol–water partition coefficient (Wildman–Crippen LogP) is 1.86. The van der Waals surface area contributed by atoms with Gasteiger partial charge in [-0.05, 0) is 60.5 Å². The van der Waals surface area contributed by atoms with E-state index in [9.17, 15) is 9.59 Å². The van der Waals surface area contributed by atoms with Gasteiger partial charge in [0.2, 0.25) is 11.8 Å². The fourth-order valence-corrected chi connectivity index (χ4v) is 3.03. The Labute approximate surface area is 150 Å². The molecule has 1 saturated heterocycles. The number of likely N-dealkylation sites (tertiary alicyclic amines) is 1. The van der Waals surface area contributed by atoms with Crippen LogP contribution in [0.25, 0.3) is 0 Å². The number of hydrogen-bond donors (Lipinski definition) is 2. The molecule has 0 aromatic carbocycles. The number of anilines is 1. The number of piperidine rings is 1. The molecule has 2 rings (SSSR count). The van der Waals surface area contributed by atoms with Gasteiger partial charge >= 0.3 is 0 Å². The highest BCUT2D eigenvalue weighted by Gasteiger charge is 2.30. The van der Waals surface area contributed by atoms with Crippen molar-refractivity contribution in [3.8, 4) is 0 Å². The molecule has 1 atom stereocenters. The van der Waals surface area contributed by atoms with Gasteiger partial charge in [0.15, 0.2) is 0 Å². The average Bonchev–Trinajstić information content (AvgIpc) is 3.00. The summed E-state index contributed by atoms with van der Waals surface area (Å²) in [6.07, 6.45) is 5.04. The number of amides is 2. The lowest BCUT2D eigenvalue weighted by atomic mass is 9.94. The van der Waals surface area contributed by atoms with Gasteiger partial charge in [-0.25, -0.2) is 0 Å². The molecule has 1 aromatic heterocycles. The first-order chi connectivity index (χ1) is 11.7. The summed E-state index contributed by atoms with van der Waals surface area (Å²) < 4.78 is 1.79. The zero-order valence-electron chi connectivity index (χ0n) is 16.0. The number of rotatable bonds is 5. The van der Waals surface area contributed by atoms with Crippen LogP contribution in [0.2, 0.25) is 0 Å². The Hall–Kier alpha value is -1.89. The van der Waals surface area contributed by atoms with Gasteiger partial charge in [0.05, 0.1) is 17.9 Å². The maximum atomic E-state index is 12.4. The molecule has 7 heteroatoms. The third kappa shape index (κ3) is 5.56. The van der Waals surface area contributed by atoms with Gasteiger partial charge in [0.25, 0.3) is 0 Å². The van der Waals surface area contributed by atoms with Crippen molar-refractivity contribution in [1.82, 2.24) is 20.0 Å². The first-order valence-corrected chi connectivity index (χ1v) is 9.09. The molecule has 2 N–H and O–H groups in total. The summed E-state index contributed by atoms with van der Waals surface area (Å²) in [5, 5.41) is 10.1. The van der Waals surface area contributed by atoms with E-state index in [0.29, 0.717) is 0 Å². The quantitative estimate of drug-likeness (QED) is 0.850. The Morgan fingerprint density at radius 3 is 2.48 bits per heavy atom. The Bertz CT molecular complexity index is 597. The first kappa shape index (κ1) is 19.4. The monoisotopic (exact) mass is 349 g/mol. The van der Waals surface area contributed by atoms with Crippen LogP contribution < -0.4 is 10.6 Å². The third-order valence-corrected chi connectivity index (χ3v) is 4.55. The molecular weight excluding hydrogens is 318 g/mol. The highest BCUT2D eigenvalue weighted by Crippen LogP contribution is 2.21. The number of carbonyl (C=O) groups is 2. The minimum atomic E-state index is -0.230. The first-order valence-electron chi connectivity index (χ1n) is 9.09. The van der Waals surface area contributed by atoms with Crippen LogP contribution in [0.1, 0.15) is 47.5 Å². The second kappa shape index (κ2) is 7.99. The summed E-state index contributed by atoms with van der Waals surface area (Å²) >= 11 is 0. The maximum Gasteiger partial charge on any atom is 0.237 e. The van der Waals surface area contributed by atoms with E-state index >= 15 is 0 Å². The van der Waals surface area contributed by atoms with Crippen LogP contribution in [0.4, 0.5) is 5.69 Å². The number of aromatic nitrogens is 2. The lowest BCUT2D eigenvalue weighted by Gasteiger charge is -2.36. The van der Waals surface area contributed by atoms with Crippen LogP contribution >= 0.6 is 0 Å². The molecule has 2 amide bonds. The minimum absolute atomic E-state index is 0.0147. The summed E-state index contributed by atoms with van der Waals surface area (Å²) in [7, 11) is 0. The van der Waals surface area contributed by atoms with Crippen molar-refractivity contribution in [3.63, 3.8) is 0 Å². The van der Waals surface area contributed by atoms with Crippen molar-refractivity contribution < 1.29 is 9.59 Å². The molecule has 0 aliphatic carbocycles. The fraction of sp³-hybridized carbons (Fsp3) is 0.722. The van der Waals surface area contributed by atoms with Crippen LogP contribution in [-0.2, 0) is 16.1 Å². The number of carbonyl (C=O) groups excluding carboxylic acids is 2. The van der Waals surface area contributed by atoms with Crippen LogP contribution in [0, 0.1) is 5.92 Å². The van der Waals surface area contributed by atoms with Crippen molar-refractivity contribution in [3.05, 3.63) is 12.4 Å². The molecule has 1 aliphatic heterocycles. The SMILES string of the molecule is CCn1cc(NC(=O)C2CCN([C@H](C)C(=O)NC(C)(C)C)CC2)cn1. The number of nitrogens with one attached hydrogen (secondary N) is 2. The summed E-state index contributed by atoms with van der Waals surface area (Å²) in [6, 6.07) is -0.175. The Balaban J connectivity index is 1.82. The molecule has 0 unspecified atom stereocenters. The second-order valence-corrected chi connectivity index (χ2v) is 7.80. The van der Waals surface area contributed by atoms with Gasteiger partial charge in [-0.3, -0.25) is 19.2 Å². The summed E-state index contributed by atoms with van der Waals surface area (Å²) in [5.41, 5.74) is 0.513. The highest BCUT2D eigenvalue weighted by molar-refractivity contribution is 5.92. The molecule has 0 bridgehead atoms. The predicted molar refractivity (Wildman–Crippen MR) is 98.2 cm³/mol. The zero-order valence-corrected chi connectivity index (χ0v) is 16.0. The van der Waals surface area contributed by atoms with E-state index < -0.39 is 0 Å². The van der Waals surface area contributed by atoms with Gasteiger partial charge in [0, 0.05) is 24.2 Å². The van der Waals surface area contributed by atoms with Crippen LogP contribution in [0.3, 0.4) is 0 Å². The van der Waals surface area contributed by atoms with Crippen molar-refractivity contribution >= 4 is 17.5 Å². The van der Waals surface area contributed by atoms with E-state index in [2.05, 4.69) is 20.6 Å². The van der Waals surface area contributed by atoms with E-state index in [1.165, 1.54) is 0 Å². The molecule has 0 saturated carbocycles. The van der Waals surface area contributed by atoms with E-state index in [1.54, 1.807) is 10.9 Å². The van der Waals surface area contributed by atoms with Crippen LogP contribution in [0.15, 0.2) is 12.4 Å². The van der Waals surface area contributed by atoms with Crippen LogP contribution in [0.5, 0.6) is 0 Å². The molecule has 140 valence electrons. The Kier molecular flexibility index (Phi) is 6.21. The van der Waals surface area contributed by atoms with Gasteiger partial charge in [-0.1, -0.05) is 0 Å². The number of hydrogen-bond acceptors (Lipinski definition) is 4. The molecule has 2 heterocycles. The molecule has 7 nitrogen and oxygen atoms in total. The fourth-order valence-electron chi connectivity index (χ4n) is 3.03. The summed E-state index contributed by atoms with van der Waals surface area (Å²) in [4.78, 5) is 26.9. The van der Waals surface area contributed by atoms with Gasteiger partial charge in [-0.15, -0.1) is 0 Å². The van der Waals surface area contributed by atoms with E-state index in [1.807, 2.05) is 40.8 Å². The molecule has 0 spiro atoms. The zero-order chi connectivity index (χ0) is 18.6. The summed E-state index contributed by atoms with van der Waals surface area (Å²) in [6.45, 7) is 12.2. The molecule has 1 fully saturated rings. The average molecular weight is 349 g/mol. The highest BCUT2D eigenvalue weighted by atomic mass is 16.2. The lowest BCUT2D eigenvalue weighted by molar-refractivity contribution is -0.128. The third-order valence-electron chi connectivity index (χ3n) is 4.55. The van der Waals surface area contributed by atoms with Crippen molar-refractivity contribution in [2.24, 2.45) is 5.92 Å². The summed E-state index contributed by atoms with van der Waals surface area (Å²) in [5.74, 6) is 0.0728. The maximum absolute atomic E-state index is 12.4. The van der Waals surface area contributed by atoms with Crippen molar-refractivity contribution in [2.75, 3.05) is 18.4 Å². The molecule has 1 aliphatic rings. The molecule has 25 heavy (non-hydrogen) atoms. The topological polar surface area (TPSA) is 79.3 Å². The van der Waals surface area contributed by atoms with Crippen LogP contribution in [-0.4, -0.2) is 51.2 Å². The standard InChI is InChI=1S/C18H31N5O2/c1-6-23-12-15(11-19-23)20-17(25)14-7-9-22(10-8-14)13(2)16(24)21-18(3,4)5/h11-14H,6-10H2,1-5H3,(H,20,25)(H,21,24)/t13-/m1/s1. The van der Waals surface area contributed by atoms with Crippen molar-refractivity contribution in [1.29, 1.82) is 0 Å². The number of nitrogens with zero attached hydrogens (tertiary/aromatic N) is 3. The molecular formula is C18H31N5O2. The van der Waals surface area contributed by atoms with Gasteiger partial charge in [0.1, 0.15) is 0 Å². The Morgan fingerprint density at radius 1 is 1.32 bits per heavy atom. The molecule has 1 aromatic rings. The smallest absolute Gasteiger partial charge is 0.237 e. The van der Waals surface area contributed by atoms with Gasteiger partial charge in [-0.2, -0.15) is 5.10 Å². The van der Waals surface area contributed by atoms with E-state index in [0.717, 1.165) is 38.2 Å². The Morgan fingerprint density at radius 2 is 1.96 bits per heavy atom. The normalized spacial score (nSPS) is 18.0. The largest absolute Gasteiger partial charge is 0.350 e. The van der Waals surface area contributed by atoms with E-state index in [4.69, 9.17) is 0 Å². The molecule has 0 radical (unpaired) electrons. The van der Waals surface area contributed by atoms with Gasteiger partial charge < -0.3 is 10.6 Å². The van der Waals surface area contributed by atoms with Crippen molar-refractivity contribution in [2.45, 2.75) is 65.6 Å². The lowest BCUT2D eigenvalue weighted by Crippen LogP contribution is -2.53. The minimum Gasteiger partial charge on any atom is -0.350 e.